The van der Waals surface area contributed by atoms with Crippen molar-refractivity contribution in [2.24, 2.45) is 0 Å². The van der Waals surface area contributed by atoms with Crippen LogP contribution in [0, 0.1) is 17.7 Å². The molecule has 4 aromatic rings. The zero-order valence-corrected chi connectivity index (χ0v) is 17.1. The number of benzene rings is 3. The number of nitrogens with zero attached hydrogens (tertiary/aromatic N) is 5. The third-order valence-electron chi connectivity index (χ3n) is 4.69. The van der Waals surface area contributed by atoms with E-state index in [0.717, 1.165) is 10.2 Å². The molecule has 0 spiro atoms. The van der Waals surface area contributed by atoms with Gasteiger partial charge in [-0.25, -0.2) is 14.0 Å². The molecule has 1 aromatic heterocycles. The fraction of sp³-hybridized carbons (Fsp3) is 0.0833. The number of halogens is 1. The average molecular weight is 427 g/mol. The Morgan fingerprint density at radius 2 is 1.62 bits per heavy atom. The Balaban J connectivity index is 1.75. The largest absolute Gasteiger partial charge is 0.377 e. The first-order chi connectivity index (χ1) is 15.6. The minimum absolute atomic E-state index is 0.164. The number of anilines is 1. The smallest absolute Gasteiger partial charge is 0.293 e. The normalized spacial score (nSPS) is 10.3. The van der Waals surface area contributed by atoms with Crippen LogP contribution in [0.25, 0.3) is 5.69 Å². The molecule has 0 unspecified atom stereocenters. The highest BCUT2D eigenvalue weighted by Gasteiger charge is 2.23. The summed E-state index contributed by atoms with van der Waals surface area (Å²) in [5.41, 5.74) is 0.517. The summed E-state index contributed by atoms with van der Waals surface area (Å²) in [6, 6.07) is 21.6. The fourth-order valence-corrected chi connectivity index (χ4v) is 3.15. The second kappa shape index (κ2) is 9.10. The summed E-state index contributed by atoms with van der Waals surface area (Å²) in [5, 5.41) is 7.45. The van der Waals surface area contributed by atoms with Gasteiger partial charge in [0, 0.05) is 17.8 Å². The van der Waals surface area contributed by atoms with Gasteiger partial charge in [-0.3, -0.25) is 4.90 Å². The molecular formula is C24H18FN5O2. The van der Waals surface area contributed by atoms with Crippen molar-refractivity contribution in [1.82, 2.24) is 19.8 Å². The summed E-state index contributed by atoms with van der Waals surface area (Å²) in [7, 11) is 0. The predicted octanol–water partition coefficient (Wildman–Crippen LogP) is 3.46. The van der Waals surface area contributed by atoms with Crippen molar-refractivity contribution in [2.45, 2.75) is 6.92 Å². The van der Waals surface area contributed by atoms with Crippen molar-refractivity contribution >= 4 is 11.7 Å². The highest BCUT2D eigenvalue weighted by molar-refractivity contribution is 5.92. The zero-order valence-electron chi connectivity index (χ0n) is 17.1. The first kappa shape index (κ1) is 20.8. The number of hydrogen-bond donors (Lipinski definition) is 0. The van der Waals surface area contributed by atoms with Gasteiger partial charge >= 0.3 is 11.7 Å². The number of aromatic nitrogens is 4. The average Bonchev–Trinajstić information content (AvgIpc) is 3.20. The van der Waals surface area contributed by atoms with Crippen LogP contribution in [0.1, 0.15) is 18.1 Å². The Kier molecular flexibility index (Phi) is 5.90. The van der Waals surface area contributed by atoms with E-state index in [1.165, 1.54) is 17.0 Å². The number of hydrogen-bond acceptors (Lipinski definition) is 4. The van der Waals surface area contributed by atoms with Crippen LogP contribution in [0.15, 0.2) is 83.7 Å². The number of carbonyl (C=O) groups excluding carboxylic acids is 1. The van der Waals surface area contributed by atoms with Crippen molar-refractivity contribution in [3.63, 3.8) is 0 Å². The lowest BCUT2D eigenvalue weighted by molar-refractivity contribution is 0.244. The second-order valence-corrected chi connectivity index (χ2v) is 6.70. The number of amides is 1. The quantitative estimate of drug-likeness (QED) is 0.371. The van der Waals surface area contributed by atoms with Gasteiger partial charge in [0.2, 0.25) is 0 Å². The second-order valence-electron chi connectivity index (χ2n) is 6.70. The summed E-state index contributed by atoms with van der Waals surface area (Å²) in [6.45, 7) is 2.07. The monoisotopic (exact) mass is 427 g/mol. The van der Waals surface area contributed by atoms with Crippen LogP contribution in [0.5, 0.6) is 0 Å². The van der Waals surface area contributed by atoms with E-state index in [4.69, 9.17) is 0 Å². The van der Waals surface area contributed by atoms with Crippen LogP contribution < -0.4 is 10.6 Å². The van der Waals surface area contributed by atoms with Gasteiger partial charge in [-0.2, -0.15) is 4.68 Å². The maximum atomic E-state index is 14.7. The Bertz CT molecular complexity index is 1370. The Labute approximate surface area is 183 Å². The summed E-state index contributed by atoms with van der Waals surface area (Å²) in [5.74, 6) is 5.10. The van der Waals surface area contributed by atoms with Crippen LogP contribution in [0.4, 0.5) is 14.9 Å². The first-order valence-electron chi connectivity index (χ1n) is 9.88. The van der Waals surface area contributed by atoms with Crippen LogP contribution in [-0.4, -0.2) is 32.4 Å². The van der Waals surface area contributed by atoms with Crippen molar-refractivity contribution in [3.05, 3.63) is 106 Å². The van der Waals surface area contributed by atoms with E-state index in [9.17, 15) is 14.0 Å². The third-order valence-corrected chi connectivity index (χ3v) is 4.69. The van der Waals surface area contributed by atoms with Gasteiger partial charge in [0.15, 0.2) is 0 Å². The lowest BCUT2D eigenvalue weighted by Gasteiger charge is -2.19. The highest BCUT2D eigenvalue weighted by atomic mass is 19.1. The Morgan fingerprint density at radius 3 is 2.31 bits per heavy atom. The standard InChI is InChI=1S/C24H18FN5O2/c1-2-28(20-13-7-4-8-14-20)23(31)30-24(32)29(26-27-30)22-19(12-9-15-21(22)25)17-16-18-10-5-3-6-11-18/h3-15H,2H2,1H3. The van der Waals surface area contributed by atoms with E-state index in [0.29, 0.717) is 16.9 Å². The maximum Gasteiger partial charge on any atom is 0.377 e. The minimum Gasteiger partial charge on any atom is -0.293 e. The molecule has 0 fully saturated rings. The third kappa shape index (κ3) is 4.04. The van der Waals surface area contributed by atoms with Gasteiger partial charge in [0.1, 0.15) is 11.5 Å². The van der Waals surface area contributed by atoms with E-state index in [1.807, 2.05) is 36.4 Å². The zero-order chi connectivity index (χ0) is 22.5. The van der Waals surface area contributed by atoms with E-state index in [-0.39, 0.29) is 11.3 Å². The van der Waals surface area contributed by atoms with Crippen LogP contribution in [0.3, 0.4) is 0 Å². The molecule has 0 bridgehead atoms. The summed E-state index contributed by atoms with van der Waals surface area (Å²) < 4.78 is 16.1. The van der Waals surface area contributed by atoms with Crippen molar-refractivity contribution in [1.29, 1.82) is 0 Å². The molecule has 0 aliphatic heterocycles. The molecule has 0 radical (unpaired) electrons. The van der Waals surface area contributed by atoms with E-state index < -0.39 is 17.5 Å². The molecule has 0 aliphatic rings. The lowest BCUT2D eigenvalue weighted by Crippen LogP contribution is -2.41. The van der Waals surface area contributed by atoms with Gasteiger partial charge in [-0.05, 0) is 53.7 Å². The Hall–Kier alpha value is -4.51. The van der Waals surface area contributed by atoms with Crippen LogP contribution in [-0.2, 0) is 0 Å². The molecule has 1 amide bonds. The molecule has 8 heteroatoms. The molecule has 158 valence electrons. The molecule has 0 atom stereocenters. The van der Waals surface area contributed by atoms with E-state index in [2.05, 4.69) is 22.3 Å². The molecule has 0 saturated carbocycles. The number of carbonyl (C=O) groups is 1. The topological polar surface area (TPSA) is 73.0 Å². The highest BCUT2D eigenvalue weighted by Crippen LogP contribution is 2.17. The van der Waals surface area contributed by atoms with E-state index in [1.54, 1.807) is 37.3 Å². The summed E-state index contributed by atoms with van der Waals surface area (Å²) in [4.78, 5) is 27.3. The van der Waals surface area contributed by atoms with Crippen molar-refractivity contribution < 1.29 is 9.18 Å². The van der Waals surface area contributed by atoms with Crippen LogP contribution in [0.2, 0.25) is 0 Å². The molecule has 32 heavy (non-hydrogen) atoms. The molecule has 4 rings (SSSR count). The van der Waals surface area contributed by atoms with Gasteiger partial charge in [0.25, 0.3) is 0 Å². The Morgan fingerprint density at radius 1 is 0.938 bits per heavy atom. The van der Waals surface area contributed by atoms with Crippen molar-refractivity contribution in [3.8, 4) is 17.5 Å². The molecule has 0 saturated heterocycles. The molecule has 7 nitrogen and oxygen atoms in total. The number of para-hydroxylation sites is 2. The summed E-state index contributed by atoms with van der Waals surface area (Å²) in [6.07, 6.45) is 0. The SMILES string of the molecule is CCN(C(=O)n1nnn(-c2c(F)cccc2C#Cc2ccccc2)c1=O)c1ccccc1. The van der Waals surface area contributed by atoms with Gasteiger partial charge in [-0.1, -0.05) is 54.3 Å². The fourth-order valence-electron chi connectivity index (χ4n) is 3.15. The minimum atomic E-state index is -0.891. The summed E-state index contributed by atoms with van der Waals surface area (Å²) >= 11 is 0. The molecule has 3 aromatic carbocycles. The molecule has 0 aliphatic carbocycles. The lowest BCUT2D eigenvalue weighted by atomic mass is 10.1. The molecular weight excluding hydrogens is 409 g/mol. The van der Waals surface area contributed by atoms with E-state index >= 15 is 0 Å². The van der Waals surface area contributed by atoms with Gasteiger partial charge in [0.05, 0.1) is 5.56 Å². The molecule has 1 heterocycles. The van der Waals surface area contributed by atoms with Crippen LogP contribution >= 0.6 is 0 Å². The predicted molar refractivity (Wildman–Crippen MR) is 118 cm³/mol. The molecule has 0 N–H and O–H groups in total. The first-order valence-corrected chi connectivity index (χ1v) is 9.88. The van der Waals surface area contributed by atoms with Crippen molar-refractivity contribution in [2.75, 3.05) is 11.4 Å². The van der Waals surface area contributed by atoms with Gasteiger partial charge < -0.3 is 0 Å². The number of rotatable bonds is 3. The number of tetrazole rings is 1. The van der Waals surface area contributed by atoms with Gasteiger partial charge in [-0.15, -0.1) is 4.68 Å². The maximum absolute atomic E-state index is 14.7.